The molecule has 0 saturated heterocycles. The molecule has 0 unspecified atom stereocenters. The summed E-state index contributed by atoms with van der Waals surface area (Å²) < 4.78 is 0. The van der Waals surface area contributed by atoms with Gasteiger partial charge >= 0.3 is 5.97 Å². The van der Waals surface area contributed by atoms with Gasteiger partial charge in [0.2, 0.25) is 5.91 Å². The van der Waals surface area contributed by atoms with Crippen molar-refractivity contribution in [3.8, 4) is 0 Å². The summed E-state index contributed by atoms with van der Waals surface area (Å²) in [5, 5.41) is 11.1. The summed E-state index contributed by atoms with van der Waals surface area (Å²) in [5.74, 6) is -1.09. The zero-order valence-corrected chi connectivity index (χ0v) is 12.8. The predicted octanol–water partition coefficient (Wildman–Crippen LogP) is 2.96. The molecule has 0 radical (unpaired) electrons. The van der Waals surface area contributed by atoms with Crippen molar-refractivity contribution >= 4 is 23.2 Å². The quantitative estimate of drug-likeness (QED) is 0.924. The van der Waals surface area contributed by atoms with Crippen molar-refractivity contribution in [2.45, 2.75) is 19.9 Å². The van der Waals surface area contributed by atoms with Crippen LogP contribution in [-0.4, -0.2) is 28.9 Å². The molecule has 21 heavy (non-hydrogen) atoms. The average Bonchev–Trinajstić information content (AvgIpc) is 2.84. The molecule has 1 aromatic heterocycles. The molecule has 0 saturated carbocycles. The number of carboxylic acid groups (broad SMARTS) is 1. The highest BCUT2D eigenvalue weighted by atomic mass is 32.1. The van der Waals surface area contributed by atoms with Gasteiger partial charge in [0.1, 0.15) is 0 Å². The standard InChI is InChI=1S/C16H17NO3S/c1-11-7-8-21-14(11)10-17(2)15(18)9-12-5-3-4-6-13(12)16(19)20/h3-8H,9-10H2,1-2H3,(H,19,20). The van der Waals surface area contributed by atoms with E-state index in [2.05, 4.69) is 0 Å². The lowest BCUT2D eigenvalue weighted by molar-refractivity contribution is -0.129. The number of amides is 1. The Morgan fingerprint density at radius 2 is 1.95 bits per heavy atom. The van der Waals surface area contributed by atoms with Crippen molar-refractivity contribution in [1.29, 1.82) is 0 Å². The van der Waals surface area contributed by atoms with E-state index in [-0.39, 0.29) is 17.9 Å². The second-order valence-electron chi connectivity index (χ2n) is 4.92. The number of aryl methyl sites for hydroxylation is 1. The molecule has 4 nitrogen and oxygen atoms in total. The third-order valence-corrected chi connectivity index (χ3v) is 4.37. The van der Waals surface area contributed by atoms with Crippen molar-refractivity contribution < 1.29 is 14.7 Å². The molecular weight excluding hydrogens is 286 g/mol. The van der Waals surface area contributed by atoms with E-state index in [0.717, 1.165) is 4.88 Å². The lowest BCUT2D eigenvalue weighted by Gasteiger charge is -2.17. The van der Waals surface area contributed by atoms with Crippen LogP contribution in [0.4, 0.5) is 0 Å². The fourth-order valence-corrected chi connectivity index (χ4v) is 3.01. The maximum Gasteiger partial charge on any atom is 0.335 e. The van der Waals surface area contributed by atoms with E-state index in [1.54, 1.807) is 41.5 Å². The first-order chi connectivity index (χ1) is 9.99. The lowest BCUT2D eigenvalue weighted by atomic mass is 10.0. The molecule has 0 aliphatic rings. The fourth-order valence-electron chi connectivity index (χ4n) is 2.05. The normalized spacial score (nSPS) is 10.4. The van der Waals surface area contributed by atoms with Crippen molar-refractivity contribution in [1.82, 2.24) is 4.90 Å². The number of thiophene rings is 1. The molecular formula is C16H17NO3S. The summed E-state index contributed by atoms with van der Waals surface area (Å²) in [5.41, 5.74) is 1.90. The third kappa shape index (κ3) is 3.70. The molecule has 0 aliphatic carbocycles. The number of nitrogens with zero attached hydrogens (tertiary/aromatic N) is 1. The van der Waals surface area contributed by atoms with Crippen LogP contribution in [0, 0.1) is 6.92 Å². The molecule has 110 valence electrons. The summed E-state index contributed by atoms with van der Waals surface area (Å²) in [4.78, 5) is 26.2. The number of carbonyl (C=O) groups is 2. The van der Waals surface area contributed by atoms with E-state index in [1.165, 1.54) is 11.6 Å². The van der Waals surface area contributed by atoms with Gasteiger partial charge in [0.05, 0.1) is 18.5 Å². The summed E-state index contributed by atoms with van der Waals surface area (Å²) in [6.45, 7) is 2.57. The molecule has 5 heteroatoms. The first-order valence-electron chi connectivity index (χ1n) is 6.57. The van der Waals surface area contributed by atoms with E-state index >= 15 is 0 Å². The van der Waals surface area contributed by atoms with Gasteiger partial charge in [0.25, 0.3) is 0 Å². The molecule has 1 aromatic carbocycles. The van der Waals surface area contributed by atoms with Crippen molar-refractivity contribution in [3.05, 3.63) is 57.3 Å². The van der Waals surface area contributed by atoms with Gasteiger partial charge in [-0.15, -0.1) is 11.3 Å². The third-order valence-electron chi connectivity index (χ3n) is 3.36. The molecule has 1 N–H and O–H groups in total. The Morgan fingerprint density at radius 1 is 1.24 bits per heavy atom. The van der Waals surface area contributed by atoms with Crippen molar-refractivity contribution in [2.75, 3.05) is 7.05 Å². The van der Waals surface area contributed by atoms with Crippen LogP contribution >= 0.6 is 11.3 Å². The van der Waals surface area contributed by atoms with Crippen LogP contribution < -0.4 is 0 Å². The summed E-state index contributed by atoms with van der Waals surface area (Å²) in [6, 6.07) is 8.65. The molecule has 2 rings (SSSR count). The van der Waals surface area contributed by atoms with Crippen LogP contribution in [0.5, 0.6) is 0 Å². The van der Waals surface area contributed by atoms with Crippen LogP contribution in [-0.2, 0) is 17.8 Å². The summed E-state index contributed by atoms with van der Waals surface area (Å²) >= 11 is 1.62. The van der Waals surface area contributed by atoms with Crippen LogP contribution in [0.25, 0.3) is 0 Å². The molecule has 0 bridgehead atoms. The van der Waals surface area contributed by atoms with E-state index in [1.807, 2.05) is 18.4 Å². The zero-order chi connectivity index (χ0) is 15.4. The number of hydrogen-bond acceptors (Lipinski definition) is 3. The minimum atomic E-state index is -1.00. The monoisotopic (exact) mass is 303 g/mol. The lowest BCUT2D eigenvalue weighted by Crippen LogP contribution is -2.28. The average molecular weight is 303 g/mol. The zero-order valence-electron chi connectivity index (χ0n) is 12.0. The number of rotatable bonds is 5. The Labute approximate surface area is 127 Å². The van der Waals surface area contributed by atoms with E-state index in [4.69, 9.17) is 5.11 Å². The van der Waals surface area contributed by atoms with Gasteiger partial charge in [0, 0.05) is 11.9 Å². The van der Waals surface area contributed by atoms with Gasteiger partial charge < -0.3 is 10.0 Å². The smallest absolute Gasteiger partial charge is 0.335 e. The Kier molecular flexibility index (Phi) is 4.75. The first kappa shape index (κ1) is 15.3. The van der Waals surface area contributed by atoms with Gasteiger partial charge in [-0.2, -0.15) is 0 Å². The van der Waals surface area contributed by atoms with Gasteiger partial charge in [-0.1, -0.05) is 18.2 Å². The Hall–Kier alpha value is -2.14. The number of hydrogen-bond donors (Lipinski definition) is 1. The topological polar surface area (TPSA) is 57.6 Å². The predicted molar refractivity (Wildman–Crippen MR) is 82.6 cm³/mol. The van der Waals surface area contributed by atoms with E-state index < -0.39 is 5.97 Å². The SMILES string of the molecule is Cc1ccsc1CN(C)C(=O)Cc1ccccc1C(=O)O. The largest absolute Gasteiger partial charge is 0.478 e. The molecule has 1 amide bonds. The Balaban J connectivity index is 2.08. The van der Waals surface area contributed by atoms with Crippen molar-refractivity contribution in [3.63, 3.8) is 0 Å². The maximum atomic E-state index is 12.3. The number of carboxylic acids is 1. The molecule has 0 atom stereocenters. The fraction of sp³-hybridized carbons (Fsp3) is 0.250. The number of aromatic carboxylic acids is 1. The Morgan fingerprint density at radius 3 is 2.57 bits per heavy atom. The van der Waals surface area contributed by atoms with Gasteiger partial charge in [0.15, 0.2) is 0 Å². The van der Waals surface area contributed by atoms with Gasteiger partial charge in [-0.05, 0) is 35.6 Å². The first-order valence-corrected chi connectivity index (χ1v) is 7.45. The summed E-state index contributed by atoms with van der Waals surface area (Å²) in [6.07, 6.45) is 0.101. The molecule has 2 aromatic rings. The van der Waals surface area contributed by atoms with Crippen LogP contribution in [0.3, 0.4) is 0 Å². The Bertz CT molecular complexity index is 663. The number of benzene rings is 1. The molecule has 0 fully saturated rings. The highest BCUT2D eigenvalue weighted by Gasteiger charge is 2.16. The maximum absolute atomic E-state index is 12.3. The van der Waals surface area contributed by atoms with Crippen LogP contribution in [0.15, 0.2) is 35.7 Å². The molecule has 0 aliphatic heterocycles. The number of likely N-dealkylation sites (N-methyl/N-ethyl adjacent to an activating group) is 1. The van der Waals surface area contributed by atoms with Crippen molar-refractivity contribution in [2.24, 2.45) is 0 Å². The number of carbonyl (C=O) groups excluding carboxylic acids is 1. The minimum Gasteiger partial charge on any atom is -0.478 e. The van der Waals surface area contributed by atoms with E-state index in [0.29, 0.717) is 12.1 Å². The second kappa shape index (κ2) is 6.54. The van der Waals surface area contributed by atoms with E-state index in [9.17, 15) is 9.59 Å². The highest BCUT2D eigenvalue weighted by Crippen LogP contribution is 2.18. The van der Waals surface area contributed by atoms with Gasteiger partial charge in [-0.3, -0.25) is 4.79 Å². The van der Waals surface area contributed by atoms with Crippen LogP contribution in [0.1, 0.15) is 26.4 Å². The minimum absolute atomic E-state index is 0.0866. The molecule has 0 spiro atoms. The summed E-state index contributed by atoms with van der Waals surface area (Å²) in [7, 11) is 1.74. The van der Waals surface area contributed by atoms with Gasteiger partial charge in [-0.25, -0.2) is 4.79 Å². The van der Waals surface area contributed by atoms with Crippen LogP contribution in [0.2, 0.25) is 0 Å². The second-order valence-corrected chi connectivity index (χ2v) is 5.92. The molecule has 1 heterocycles. The highest BCUT2D eigenvalue weighted by molar-refractivity contribution is 7.10.